The SMILES string of the molecule is CN(C)S(=O)(=O)c1ccc(S(=O)(=O)N2CCCCCC2)cc1. The molecule has 2 rings (SSSR count). The van der Waals surface area contributed by atoms with Gasteiger partial charge in [-0.3, -0.25) is 0 Å². The molecule has 0 amide bonds. The molecule has 0 radical (unpaired) electrons. The topological polar surface area (TPSA) is 74.8 Å². The van der Waals surface area contributed by atoms with Gasteiger partial charge in [-0.1, -0.05) is 12.8 Å². The van der Waals surface area contributed by atoms with Gasteiger partial charge < -0.3 is 0 Å². The number of hydrogen-bond acceptors (Lipinski definition) is 4. The Hall–Kier alpha value is -0.960. The van der Waals surface area contributed by atoms with Gasteiger partial charge in [-0.15, -0.1) is 0 Å². The number of benzene rings is 1. The molecule has 1 fully saturated rings. The summed E-state index contributed by atoms with van der Waals surface area (Å²) in [6, 6.07) is 5.44. The van der Waals surface area contributed by atoms with Gasteiger partial charge in [0.25, 0.3) is 0 Å². The number of rotatable bonds is 4. The highest BCUT2D eigenvalue weighted by Crippen LogP contribution is 2.22. The van der Waals surface area contributed by atoms with Gasteiger partial charge in [-0.05, 0) is 37.1 Å². The molecule has 1 aliphatic heterocycles. The predicted octanol–water partition coefficient (Wildman–Crippen LogP) is 1.50. The first-order chi connectivity index (χ1) is 10.3. The van der Waals surface area contributed by atoms with E-state index < -0.39 is 20.0 Å². The first-order valence-corrected chi connectivity index (χ1v) is 10.2. The van der Waals surface area contributed by atoms with Gasteiger partial charge in [0, 0.05) is 27.2 Å². The molecule has 0 spiro atoms. The lowest BCUT2D eigenvalue weighted by Crippen LogP contribution is -2.32. The molecule has 1 aliphatic rings. The Labute approximate surface area is 132 Å². The lowest BCUT2D eigenvalue weighted by Gasteiger charge is -2.20. The largest absolute Gasteiger partial charge is 0.243 e. The Morgan fingerprint density at radius 1 is 0.818 bits per heavy atom. The Kier molecular flexibility index (Phi) is 5.26. The molecule has 1 aromatic carbocycles. The summed E-state index contributed by atoms with van der Waals surface area (Å²) in [7, 11) is -4.20. The minimum atomic E-state index is -3.54. The fourth-order valence-electron chi connectivity index (χ4n) is 2.43. The standard InChI is InChI=1S/C14H22N2O4S2/c1-15(2)21(17,18)13-7-9-14(10-8-13)22(19,20)16-11-5-3-4-6-12-16/h7-10H,3-6,11-12H2,1-2H3. The fourth-order valence-corrected chi connectivity index (χ4v) is 4.84. The number of sulfonamides is 2. The normalized spacial score (nSPS) is 18.3. The molecule has 0 aliphatic carbocycles. The zero-order chi connectivity index (χ0) is 16.4. The van der Waals surface area contributed by atoms with Gasteiger partial charge in [-0.2, -0.15) is 4.31 Å². The smallest absolute Gasteiger partial charge is 0.207 e. The van der Waals surface area contributed by atoms with Crippen LogP contribution in [0, 0.1) is 0 Å². The quantitative estimate of drug-likeness (QED) is 0.828. The van der Waals surface area contributed by atoms with Crippen molar-refractivity contribution in [3.8, 4) is 0 Å². The molecular weight excluding hydrogens is 324 g/mol. The van der Waals surface area contributed by atoms with Crippen LogP contribution >= 0.6 is 0 Å². The molecule has 22 heavy (non-hydrogen) atoms. The van der Waals surface area contributed by atoms with E-state index in [1.807, 2.05) is 0 Å². The van der Waals surface area contributed by atoms with Crippen molar-refractivity contribution in [1.29, 1.82) is 0 Å². The van der Waals surface area contributed by atoms with Crippen LogP contribution in [-0.4, -0.2) is 52.6 Å². The Balaban J connectivity index is 2.29. The lowest BCUT2D eigenvalue weighted by atomic mass is 10.2. The maximum Gasteiger partial charge on any atom is 0.243 e. The summed E-state index contributed by atoms with van der Waals surface area (Å²) in [4.78, 5) is 0.236. The van der Waals surface area contributed by atoms with Crippen molar-refractivity contribution in [1.82, 2.24) is 8.61 Å². The van der Waals surface area contributed by atoms with Crippen molar-refractivity contribution in [3.63, 3.8) is 0 Å². The van der Waals surface area contributed by atoms with E-state index in [4.69, 9.17) is 0 Å². The number of nitrogens with zero attached hydrogens (tertiary/aromatic N) is 2. The van der Waals surface area contributed by atoms with E-state index in [1.54, 1.807) is 0 Å². The third-order valence-electron chi connectivity index (χ3n) is 3.81. The molecule has 0 unspecified atom stereocenters. The van der Waals surface area contributed by atoms with E-state index in [0.29, 0.717) is 13.1 Å². The second-order valence-corrected chi connectivity index (χ2v) is 9.67. The minimum Gasteiger partial charge on any atom is -0.207 e. The summed E-state index contributed by atoms with van der Waals surface area (Å²) in [5.41, 5.74) is 0. The van der Waals surface area contributed by atoms with E-state index in [9.17, 15) is 16.8 Å². The summed E-state index contributed by atoms with van der Waals surface area (Å²) in [6.07, 6.45) is 3.83. The molecule has 0 saturated carbocycles. The maximum absolute atomic E-state index is 12.6. The molecule has 124 valence electrons. The highest BCUT2D eigenvalue weighted by atomic mass is 32.2. The van der Waals surface area contributed by atoms with Crippen LogP contribution in [0.2, 0.25) is 0 Å². The van der Waals surface area contributed by atoms with Crippen LogP contribution in [0.3, 0.4) is 0 Å². The second-order valence-electron chi connectivity index (χ2n) is 5.58. The Morgan fingerprint density at radius 3 is 1.73 bits per heavy atom. The van der Waals surface area contributed by atoms with Gasteiger partial charge >= 0.3 is 0 Å². The highest BCUT2D eigenvalue weighted by molar-refractivity contribution is 7.89. The average molecular weight is 346 g/mol. The maximum atomic E-state index is 12.6. The van der Waals surface area contributed by atoms with Crippen molar-refractivity contribution in [3.05, 3.63) is 24.3 Å². The Morgan fingerprint density at radius 2 is 1.27 bits per heavy atom. The second kappa shape index (κ2) is 6.66. The third kappa shape index (κ3) is 3.51. The van der Waals surface area contributed by atoms with Crippen LogP contribution in [0.1, 0.15) is 25.7 Å². The van der Waals surface area contributed by atoms with Crippen molar-refractivity contribution in [2.45, 2.75) is 35.5 Å². The van der Waals surface area contributed by atoms with Crippen molar-refractivity contribution >= 4 is 20.0 Å². The summed E-state index contributed by atoms with van der Waals surface area (Å²) in [5, 5.41) is 0. The molecule has 8 heteroatoms. The molecule has 0 bridgehead atoms. The van der Waals surface area contributed by atoms with E-state index in [2.05, 4.69) is 0 Å². The van der Waals surface area contributed by atoms with Gasteiger partial charge in [-0.25, -0.2) is 21.1 Å². The van der Waals surface area contributed by atoms with Crippen LogP contribution in [0.5, 0.6) is 0 Å². The number of hydrogen-bond donors (Lipinski definition) is 0. The van der Waals surface area contributed by atoms with Gasteiger partial charge in [0.1, 0.15) is 0 Å². The summed E-state index contributed by atoms with van der Waals surface area (Å²) < 4.78 is 51.8. The molecule has 6 nitrogen and oxygen atoms in total. The average Bonchev–Trinajstić information content (AvgIpc) is 2.76. The van der Waals surface area contributed by atoms with Gasteiger partial charge in [0.2, 0.25) is 20.0 Å². The van der Waals surface area contributed by atoms with Crippen LogP contribution in [0.25, 0.3) is 0 Å². The molecule has 0 atom stereocenters. The summed E-state index contributed by atoms with van der Waals surface area (Å²) >= 11 is 0. The Bertz CT molecular complexity index is 702. The molecule has 0 aromatic heterocycles. The molecule has 1 heterocycles. The highest BCUT2D eigenvalue weighted by Gasteiger charge is 2.26. The predicted molar refractivity (Wildman–Crippen MR) is 84.5 cm³/mol. The van der Waals surface area contributed by atoms with Crippen molar-refractivity contribution in [2.24, 2.45) is 0 Å². The lowest BCUT2D eigenvalue weighted by molar-refractivity contribution is 0.423. The van der Waals surface area contributed by atoms with Crippen LogP contribution in [0.4, 0.5) is 0 Å². The monoisotopic (exact) mass is 346 g/mol. The van der Waals surface area contributed by atoms with Crippen molar-refractivity contribution < 1.29 is 16.8 Å². The fraction of sp³-hybridized carbons (Fsp3) is 0.571. The van der Waals surface area contributed by atoms with E-state index in [0.717, 1.165) is 30.0 Å². The van der Waals surface area contributed by atoms with Gasteiger partial charge in [0.05, 0.1) is 9.79 Å². The van der Waals surface area contributed by atoms with Crippen LogP contribution in [0.15, 0.2) is 34.1 Å². The molecule has 1 saturated heterocycles. The van der Waals surface area contributed by atoms with Crippen molar-refractivity contribution in [2.75, 3.05) is 27.2 Å². The van der Waals surface area contributed by atoms with Gasteiger partial charge in [0.15, 0.2) is 0 Å². The summed E-state index contributed by atoms with van der Waals surface area (Å²) in [5.74, 6) is 0. The minimum absolute atomic E-state index is 0.0901. The molecule has 1 aromatic rings. The molecular formula is C14H22N2O4S2. The zero-order valence-corrected chi connectivity index (χ0v) is 14.5. The summed E-state index contributed by atoms with van der Waals surface area (Å²) in [6.45, 7) is 1.06. The van der Waals surface area contributed by atoms with E-state index in [-0.39, 0.29) is 9.79 Å². The first kappa shape index (κ1) is 17.4. The third-order valence-corrected chi connectivity index (χ3v) is 7.55. The van der Waals surface area contributed by atoms with Crippen LogP contribution < -0.4 is 0 Å². The molecule has 0 N–H and O–H groups in total. The van der Waals surface area contributed by atoms with E-state index in [1.165, 1.54) is 42.7 Å². The van der Waals surface area contributed by atoms with E-state index >= 15 is 0 Å². The first-order valence-electron chi connectivity index (χ1n) is 7.29. The zero-order valence-electron chi connectivity index (χ0n) is 12.9. The van der Waals surface area contributed by atoms with Crippen LogP contribution in [-0.2, 0) is 20.0 Å².